The van der Waals surface area contributed by atoms with Crippen molar-refractivity contribution < 1.29 is 12.7 Å². The summed E-state index contributed by atoms with van der Waals surface area (Å²) in [5, 5.41) is 7.94. The van der Waals surface area contributed by atoms with Gasteiger partial charge in [0.2, 0.25) is 0 Å². The first kappa shape index (κ1) is 10.4. The van der Waals surface area contributed by atoms with Crippen LogP contribution >= 0.6 is 0 Å². The molecule has 0 heterocycles. The Morgan fingerprint density at radius 1 is 1.83 bits per heavy atom. The predicted octanol–water partition coefficient (Wildman–Crippen LogP) is -0.531. The summed E-state index contributed by atoms with van der Waals surface area (Å²) >= 11 is 0. The van der Waals surface area contributed by atoms with Gasteiger partial charge in [0.1, 0.15) is 0 Å². The van der Waals surface area contributed by atoms with Crippen molar-refractivity contribution in [3.8, 4) is 0 Å². The fourth-order valence-electron chi connectivity index (χ4n) is 0.0913. The third-order valence-corrected chi connectivity index (χ3v) is 0.295. The van der Waals surface area contributed by atoms with Gasteiger partial charge in [-0.2, -0.15) is 0 Å². The topological polar surface area (TPSA) is 29.5 Å². The standard InChI is InChI=1S/C3H8O2.Sr.2H/c1-5-3-2-4;;;/h4H,2-3H2,1H3;;;/q;+2;2*-1. The predicted molar refractivity (Wildman–Crippen MR) is 26.9 cm³/mol. The summed E-state index contributed by atoms with van der Waals surface area (Å²) in [7, 11) is 1.55. The van der Waals surface area contributed by atoms with E-state index < -0.39 is 0 Å². The van der Waals surface area contributed by atoms with Crippen molar-refractivity contribution in [1.82, 2.24) is 0 Å². The van der Waals surface area contributed by atoms with Gasteiger partial charge in [-0.25, -0.2) is 0 Å². The summed E-state index contributed by atoms with van der Waals surface area (Å²) in [4.78, 5) is 0. The molecule has 0 aromatic heterocycles. The summed E-state index contributed by atoms with van der Waals surface area (Å²) < 4.78 is 4.44. The number of rotatable bonds is 2. The number of methoxy groups -OCH3 is 1. The molecule has 0 aliphatic heterocycles. The molecule has 3 heteroatoms. The van der Waals surface area contributed by atoms with Gasteiger partial charge in [0.15, 0.2) is 0 Å². The SMILES string of the molecule is COCCO.[H-].[H-].[Sr+2]. The summed E-state index contributed by atoms with van der Waals surface area (Å²) in [6.45, 7) is 0.566. The Kier molecular flexibility index (Phi) is 16.7. The average molecular weight is 166 g/mol. The molecule has 0 aliphatic carbocycles. The smallest absolute Gasteiger partial charge is 1.00 e. The number of aliphatic hydroxyl groups is 1. The first-order chi connectivity index (χ1) is 2.41. The van der Waals surface area contributed by atoms with E-state index in [-0.39, 0.29) is 54.9 Å². The van der Waals surface area contributed by atoms with Crippen LogP contribution in [0.4, 0.5) is 0 Å². The van der Waals surface area contributed by atoms with E-state index in [1.807, 2.05) is 0 Å². The van der Waals surface area contributed by atoms with Crippen LogP contribution in [0.2, 0.25) is 0 Å². The second-order valence-electron chi connectivity index (χ2n) is 0.716. The Morgan fingerprint density at radius 2 is 2.33 bits per heavy atom. The molecule has 0 fully saturated rings. The maximum Gasteiger partial charge on any atom is 2.00 e. The molecule has 1 N–H and O–H groups in total. The summed E-state index contributed by atoms with van der Waals surface area (Å²) in [5.41, 5.74) is 0. The monoisotopic (exact) mass is 166 g/mol. The maximum absolute atomic E-state index is 7.94. The quantitative estimate of drug-likeness (QED) is 0.558. The second kappa shape index (κ2) is 9.64. The van der Waals surface area contributed by atoms with Crippen LogP contribution in [-0.4, -0.2) is 70.9 Å². The van der Waals surface area contributed by atoms with E-state index in [0.717, 1.165) is 0 Å². The van der Waals surface area contributed by atoms with Crippen LogP contribution in [0.25, 0.3) is 0 Å². The molecule has 0 amide bonds. The Hall–Kier alpha value is 1.40. The molecule has 0 rings (SSSR count). The zero-order valence-electron chi connectivity index (χ0n) is 5.98. The molecule has 0 aromatic rings. The number of aliphatic hydroxyl groups excluding tert-OH is 1. The third-order valence-electron chi connectivity index (χ3n) is 0.295. The number of ether oxygens (including phenoxy) is 1. The van der Waals surface area contributed by atoms with Crippen molar-refractivity contribution in [3.63, 3.8) is 0 Å². The van der Waals surface area contributed by atoms with E-state index in [4.69, 9.17) is 5.11 Å². The van der Waals surface area contributed by atoms with Crippen molar-refractivity contribution in [2.75, 3.05) is 20.3 Å². The van der Waals surface area contributed by atoms with E-state index in [0.29, 0.717) is 6.61 Å². The number of hydrogen-bond acceptors (Lipinski definition) is 2. The van der Waals surface area contributed by atoms with Crippen LogP contribution in [0.1, 0.15) is 2.85 Å². The molecule has 6 heavy (non-hydrogen) atoms. The first-order valence-electron chi connectivity index (χ1n) is 1.51. The Bertz CT molecular complexity index is 22.8. The van der Waals surface area contributed by atoms with Crippen LogP contribution in [0.15, 0.2) is 0 Å². The molecule has 36 valence electrons. The Labute approximate surface area is 77.7 Å². The molecule has 0 saturated heterocycles. The van der Waals surface area contributed by atoms with Gasteiger partial charge in [-0.1, -0.05) is 0 Å². The Balaban J connectivity index is -0.0000000267. The van der Waals surface area contributed by atoms with E-state index in [1.165, 1.54) is 0 Å². The largest absolute Gasteiger partial charge is 2.00 e. The minimum Gasteiger partial charge on any atom is -1.00 e. The van der Waals surface area contributed by atoms with Gasteiger partial charge in [-0.05, 0) is 0 Å². The summed E-state index contributed by atoms with van der Waals surface area (Å²) in [5.74, 6) is 0. The van der Waals surface area contributed by atoms with Crippen LogP contribution in [0.3, 0.4) is 0 Å². The van der Waals surface area contributed by atoms with Crippen LogP contribution < -0.4 is 0 Å². The molecule has 0 bridgehead atoms. The average Bonchev–Trinajstić information content (AvgIpc) is 1.41. The molecule has 0 spiro atoms. The van der Waals surface area contributed by atoms with Crippen LogP contribution in [0, 0.1) is 0 Å². The molecule has 0 atom stereocenters. The van der Waals surface area contributed by atoms with E-state index in [1.54, 1.807) is 7.11 Å². The van der Waals surface area contributed by atoms with Crippen molar-refractivity contribution in [2.45, 2.75) is 0 Å². The normalized spacial score (nSPS) is 7.00. The van der Waals surface area contributed by atoms with Crippen molar-refractivity contribution in [3.05, 3.63) is 0 Å². The van der Waals surface area contributed by atoms with Gasteiger partial charge >= 0.3 is 45.5 Å². The van der Waals surface area contributed by atoms with Gasteiger partial charge in [0.25, 0.3) is 0 Å². The molecule has 0 unspecified atom stereocenters. The van der Waals surface area contributed by atoms with Gasteiger partial charge in [-0.15, -0.1) is 0 Å². The second-order valence-corrected chi connectivity index (χ2v) is 0.716. The fraction of sp³-hybridized carbons (Fsp3) is 1.00. The first-order valence-corrected chi connectivity index (χ1v) is 1.51. The molecule has 2 nitrogen and oxygen atoms in total. The minimum absolute atomic E-state index is 0. The van der Waals surface area contributed by atoms with E-state index in [9.17, 15) is 0 Å². The molecule has 0 saturated carbocycles. The number of hydrogen-bond donors (Lipinski definition) is 1. The van der Waals surface area contributed by atoms with Gasteiger partial charge in [0, 0.05) is 7.11 Å². The fourth-order valence-corrected chi connectivity index (χ4v) is 0.0913. The molecule has 0 aliphatic rings. The molecule has 0 radical (unpaired) electrons. The minimum atomic E-state index is 0. The summed E-state index contributed by atoms with van der Waals surface area (Å²) in [6.07, 6.45) is 0. The molecular weight excluding hydrogens is 156 g/mol. The summed E-state index contributed by atoms with van der Waals surface area (Å²) in [6, 6.07) is 0. The molecule has 0 aromatic carbocycles. The van der Waals surface area contributed by atoms with Crippen molar-refractivity contribution in [2.24, 2.45) is 0 Å². The van der Waals surface area contributed by atoms with E-state index in [2.05, 4.69) is 4.74 Å². The van der Waals surface area contributed by atoms with Crippen molar-refractivity contribution >= 4 is 45.5 Å². The van der Waals surface area contributed by atoms with Gasteiger partial charge in [-0.3, -0.25) is 0 Å². The zero-order valence-corrected chi connectivity index (χ0v) is 7.45. The molecular formula is C3H10O2Sr. The van der Waals surface area contributed by atoms with Crippen LogP contribution in [-0.2, 0) is 4.74 Å². The van der Waals surface area contributed by atoms with Gasteiger partial charge < -0.3 is 12.7 Å². The van der Waals surface area contributed by atoms with Crippen LogP contribution in [0.5, 0.6) is 0 Å². The van der Waals surface area contributed by atoms with Crippen molar-refractivity contribution in [1.29, 1.82) is 0 Å². The maximum atomic E-state index is 7.94. The van der Waals surface area contributed by atoms with E-state index >= 15 is 0 Å². The zero-order chi connectivity index (χ0) is 4.12. The third kappa shape index (κ3) is 9.04. The van der Waals surface area contributed by atoms with Gasteiger partial charge in [0.05, 0.1) is 13.2 Å². The Morgan fingerprint density at radius 3 is 2.33 bits per heavy atom.